The van der Waals surface area contributed by atoms with Crippen LogP contribution in [0.2, 0.25) is 0 Å². The Labute approximate surface area is 139 Å². The van der Waals surface area contributed by atoms with E-state index in [2.05, 4.69) is 27.1 Å². The fraction of sp³-hybridized carbons (Fsp3) is 0.389. The van der Waals surface area contributed by atoms with E-state index in [0.29, 0.717) is 6.04 Å². The molecule has 0 bridgehead atoms. The molecule has 0 radical (unpaired) electrons. The minimum Gasteiger partial charge on any atom is -0.326 e. The molecule has 1 heterocycles. The van der Waals surface area contributed by atoms with Crippen molar-refractivity contribution < 1.29 is 4.79 Å². The summed E-state index contributed by atoms with van der Waals surface area (Å²) in [6.45, 7) is 3.43. The first-order valence-electron chi connectivity index (χ1n) is 7.99. The summed E-state index contributed by atoms with van der Waals surface area (Å²) < 4.78 is 3.55. The lowest BCUT2D eigenvalue weighted by Crippen LogP contribution is -2.43. The molecule has 1 atom stereocenters. The number of carbonyl (C=O) groups excluding carboxylic acids is 1. The summed E-state index contributed by atoms with van der Waals surface area (Å²) in [5, 5.41) is 6.37. The van der Waals surface area contributed by atoms with Crippen molar-refractivity contribution in [2.45, 2.75) is 37.1 Å². The maximum atomic E-state index is 11.1. The molecule has 0 spiro atoms. The number of carbonyl (C=O) groups is 1. The van der Waals surface area contributed by atoms with Gasteiger partial charge in [-0.25, -0.2) is 0 Å². The molecule has 1 aliphatic heterocycles. The molecule has 1 aliphatic carbocycles. The summed E-state index contributed by atoms with van der Waals surface area (Å²) in [5.41, 5.74) is 4.08. The quantitative estimate of drug-likeness (QED) is 0.574. The third-order valence-electron chi connectivity index (χ3n) is 4.56. The molecular weight excluding hydrogens is 306 g/mol. The van der Waals surface area contributed by atoms with Crippen LogP contribution in [0.1, 0.15) is 26.2 Å². The molecule has 0 aromatic heterocycles. The molecule has 0 saturated heterocycles. The predicted octanol–water partition coefficient (Wildman–Crippen LogP) is 2.63. The van der Waals surface area contributed by atoms with Gasteiger partial charge in [-0.3, -0.25) is 9.52 Å². The number of amides is 1. The lowest BCUT2D eigenvalue weighted by Gasteiger charge is -2.35. The van der Waals surface area contributed by atoms with E-state index in [9.17, 15) is 4.79 Å². The van der Waals surface area contributed by atoms with Gasteiger partial charge in [-0.15, -0.1) is 9.39 Å². The molecule has 0 fully saturated rings. The van der Waals surface area contributed by atoms with E-state index in [1.165, 1.54) is 19.8 Å². The van der Waals surface area contributed by atoms with Crippen LogP contribution in [-0.2, 0) is 4.79 Å². The van der Waals surface area contributed by atoms with E-state index in [-0.39, 0.29) is 5.91 Å². The number of rotatable bonds is 5. The molecule has 23 heavy (non-hydrogen) atoms. The smallest absolute Gasteiger partial charge is 0.221 e. The van der Waals surface area contributed by atoms with Gasteiger partial charge in [-0.2, -0.15) is 0 Å². The Bertz CT molecular complexity index is 732. The Kier molecular flexibility index (Phi) is 4.62. The van der Waals surface area contributed by atoms with Crippen LogP contribution in [0.15, 0.2) is 40.3 Å². The van der Waals surface area contributed by atoms with Gasteiger partial charge < -0.3 is 10.6 Å². The van der Waals surface area contributed by atoms with Crippen molar-refractivity contribution in [2.75, 3.05) is 18.4 Å². The first kappa shape index (κ1) is 16.3. The van der Waals surface area contributed by atoms with Gasteiger partial charge >= 0.3 is 0 Å². The Morgan fingerprint density at radius 2 is 1.96 bits per heavy atom. The monoisotopic (exact) mass is 331 g/mol. The van der Waals surface area contributed by atoms with Gasteiger partial charge in [0.15, 0.2) is 0 Å². The molecule has 124 valence electrons. The Balaban J connectivity index is 1.59. The summed E-state index contributed by atoms with van der Waals surface area (Å²) in [6.07, 6.45) is 3.72. The lowest BCUT2D eigenvalue weighted by molar-refractivity contribution is -0.114. The molecule has 1 amide bonds. The summed E-state index contributed by atoms with van der Waals surface area (Å²) in [6, 6.07) is 8.27. The normalized spacial score (nSPS) is 20.7. The third kappa shape index (κ3) is 3.86. The van der Waals surface area contributed by atoms with Gasteiger partial charge in [-0.1, -0.05) is 22.9 Å². The molecule has 1 unspecified atom stereocenters. The second kappa shape index (κ2) is 6.51. The zero-order valence-corrected chi connectivity index (χ0v) is 14.5. The minimum absolute atomic E-state index is 0.0632. The Morgan fingerprint density at radius 3 is 2.52 bits per heavy atom. The first-order valence-corrected chi connectivity index (χ1v) is 9.96. The van der Waals surface area contributed by atoms with Gasteiger partial charge in [0, 0.05) is 36.6 Å². The highest BCUT2D eigenvalue weighted by molar-refractivity contribution is 8.26. The fourth-order valence-corrected chi connectivity index (χ4v) is 4.41. The summed E-state index contributed by atoms with van der Waals surface area (Å²) in [5.74, 6) is 8.53. The number of hydrogen-bond donors (Lipinski definition) is 3. The Morgan fingerprint density at radius 1 is 1.26 bits per heavy atom. The first-order chi connectivity index (χ1) is 10.9. The molecule has 2 aliphatic rings. The maximum absolute atomic E-state index is 11.1. The topological polar surface area (TPSA) is 53.2 Å². The number of anilines is 1. The van der Waals surface area contributed by atoms with Crippen LogP contribution in [0.5, 0.6) is 0 Å². The standard InChI is InChI=1S/C18H25N3OS/c1-13(22)21-16-6-8-18(9-7-16)23(2,3)20-12-17-10-14-4-5-15(14)11-19-17/h6-9,17,19-20H,2-5,10-12H2,1H3,(H,21,22). The van der Waals surface area contributed by atoms with Crippen molar-refractivity contribution in [2.24, 2.45) is 0 Å². The third-order valence-corrected chi connectivity index (χ3v) is 6.45. The van der Waals surface area contributed by atoms with Crippen molar-refractivity contribution in [1.29, 1.82) is 0 Å². The van der Waals surface area contributed by atoms with Gasteiger partial charge in [0.2, 0.25) is 5.91 Å². The van der Waals surface area contributed by atoms with Crippen LogP contribution >= 0.6 is 9.39 Å². The van der Waals surface area contributed by atoms with E-state index < -0.39 is 9.39 Å². The lowest BCUT2D eigenvalue weighted by atomic mass is 9.81. The Hall–Kier alpha value is -1.56. The highest BCUT2D eigenvalue weighted by Gasteiger charge is 2.25. The highest BCUT2D eigenvalue weighted by Crippen LogP contribution is 2.34. The number of nitrogens with one attached hydrogen (secondary N) is 3. The van der Waals surface area contributed by atoms with E-state index in [4.69, 9.17) is 0 Å². The molecule has 4 nitrogen and oxygen atoms in total. The maximum Gasteiger partial charge on any atom is 0.221 e. The van der Waals surface area contributed by atoms with Crippen LogP contribution in [0.4, 0.5) is 5.69 Å². The second-order valence-electron chi connectivity index (χ2n) is 6.43. The SMILES string of the molecule is C=S(=C)(NCC1CC2=C(CC2)CN1)c1ccc(NC(C)=O)cc1. The van der Waals surface area contributed by atoms with Crippen LogP contribution < -0.4 is 15.4 Å². The van der Waals surface area contributed by atoms with Crippen LogP contribution in [0.25, 0.3) is 0 Å². The number of hydrogen-bond acceptors (Lipinski definition) is 3. The molecule has 5 heteroatoms. The zero-order valence-electron chi connectivity index (χ0n) is 13.7. The summed E-state index contributed by atoms with van der Waals surface area (Å²) in [7, 11) is -1.54. The van der Waals surface area contributed by atoms with Gasteiger partial charge in [0.1, 0.15) is 0 Å². The van der Waals surface area contributed by atoms with Gasteiger partial charge in [0.25, 0.3) is 0 Å². The van der Waals surface area contributed by atoms with E-state index >= 15 is 0 Å². The molecule has 0 saturated carbocycles. The van der Waals surface area contributed by atoms with Crippen LogP contribution in [0, 0.1) is 0 Å². The van der Waals surface area contributed by atoms with E-state index in [1.54, 1.807) is 11.1 Å². The van der Waals surface area contributed by atoms with Crippen LogP contribution in [0.3, 0.4) is 0 Å². The zero-order chi connectivity index (χ0) is 16.4. The predicted molar refractivity (Wildman–Crippen MR) is 102 cm³/mol. The van der Waals surface area contributed by atoms with Gasteiger partial charge in [0.05, 0.1) is 0 Å². The van der Waals surface area contributed by atoms with Crippen molar-refractivity contribution in [3.63, 3.8) is 0 Å². The summed E-state index contributed by atoms with van der Waals surface area (Å²) in [4.78, 5) is 12.2. The van der Waals surface area contributed by atoms with E-state index in [1.807, 2.05) is 24.3 Å². The minimum atomic E-state index is -1.54. The molecule has 3 N–H and O–H groups in total. The molecule has 3 rings (SSSR count). The summed E-state index contributed by atoms with van der Waals surface area (Å²) >= 11 is 0. The molecule has 1 aromatic carbocycles. The highest BCUT2D eigenvalue weighted by atomic mass is 32.2. The van der Waals surface area contributed by atoms with Crippen molar-refractivity contribution in [1.82, 2.24) is 10.0 Å². The average Bonchev–Trinajstić information content (AvgIpc) is 2.47. The largest absolute Gasteiger partial charge is 0.326 e. The van der Waals surface area contributed by atoms with E-state index in [0.717, 1.165) is 30.1 Å². The second-order valence-corrected chi connectivity index (χ2v) is 8.95. The van der Waals surface area contributed by atoms with Gasteiger partial charge in [-0.05, 0) is 43.5 Å². The van der Waals surface area contributed by atoms with Crippen molar-refractivity contribution in [3.8, 4) is 0 Å². The van der Waals surface area contributed by atoms with Crippen molar-refractivity contribution >= 4 is 32.7 Å². The number of benzene rings is 1. The molecule has 1 aromatic rings. The van der Waals surface area contributed by atoms with Crippen molar-refractivity contribution in [3.05, 3.63) is 35.4 Å². The fourth-order valence-electron chi connectivity index (χ4n) is 3.07. The molecular formula is C18H25N3OS. The average molecular weight is 331 g/mol. The van der Waals surface area contributed by atoms with Crippen LogP contribution in [-0.4, -0.2) is 36.8 Å².